The van der Waals surface area contributed by atoms with Crippen molar-refractivity contribution in [1.82, 2.24) is 20.4 Å². The molecule has 3 rings (SSSR count). The molecule has 0 aromatic rings. The van der Waals surface area contributed by atoms with Gasteiger partial charge in [-0.2, -0.15) is 0 Å². The number of nitrogens with one attached hydrogen (secondary N) is 2. The summed E-state index contributed by atoms with van der Waals surface area (Å²) < 4.78 is 0. The van der Waals surface area contributed by atoms with Crippen LogP contribution in [0.2, 0.25) is 0 Å². The van der Waals surface area contributed by atoms with E-state index >= 15 is 0 Å². The molecule has 3 amide bonds. The molecule has 1 aliphatic heterocycles. The molecule has 0 aromatic heterocycles. The normalized spacial score (nSPS) is 24.0. The highest BCUT2D eigenvalue weighted by Crippen LogP contribution is 2.26. The Morgan fingerprint density at radius 2 is 1.71 bits per heavy atom. The molecule has 0 spiro atoms. The van der Waals surface area contributed by atoms with E-state index in [9.17, 15) is 9.59 Å². The van der Waals surface area contributed by atoms with E-state index in [-0.39, 0.29) is 18.0 Å². The number of carbonyl (C=O) groups excluding carboxylic acids is 2. The third-order valence-corrected chi connectivity index (χ3v) is 5.76. The topological polar surface area (TPSA) is 64.7 Å². The number of hydrogen-bond donors (Lipinski definition) is 2. The lowest BCUT2D eigenvalue weighted by atomic mass is 10.0. The first-order valence-corrected chi connectivity index (χ1v) is 9.70. The predicted molar refractivity (Wildman–Crippen MR) is 93.7 cm³/mol. The molecule has 0 radical (unpaired) electrons. The van der Waals surface area contributed by atoms with Crippen LogP contribution in [0.5, 0.6) is 0 Å². The van der Waals surface area contributed by atoms with Crippen LogP contribution in [-0.4, -0.2) is 66.5 Å². The smallest absolute Gasteiger partial charge is 0.317 e. The Morgan fingerprint density at radius 3 is 2.33 bits per heavy atom. The van der Waals surface area contributed by atoms with Crippen molar-refractivity contribution >= 4 is 11.9 Å². The van der Waals surface area contributed by atoms with Gasteiger partial charge in [0.05, 0.1) is 6.04 Å². The quantitative estimate of drug-likeness (QED) is 0.774. The van der Waals surface area contributed by atoms with E-state index in [1.54, 1.807) is 0 Å². The van der Waals surface area contributed by atoms with Crippen LogP contribution >= 0.6 is 0 Å². The van der Waals surface area contributed by atoms with Crippen molar-refractivity contribution in [2.45, 2.75) is 64.0 Å². The maximum atomic E-state index is 12.3. The number of carbonyl (C=O) groups is 2. The van der Waals surface area contributed by atoms with Gasteiger partial charge in [0, 0.05) is 38.8 Å². The highest BCUT2D eigenvalue weighted by molar-refractivity contribution is 5.82. The number of urea groups is 1. The first kappa shape index (κ1) is 17.5. The minimum Gasteiger partial charge on any atom is -0.352 e. The van der Waals surface area contributed by atoms with Crippen molar-refractivity contribution in [3.63, 3.8) is 0 Å². The Kier molecular flexibility index (Phi) is 5.98. The minimum atomic E-state index is -0.0989. The third-order valence-electron chi connectivity index (χ3n) is 5.76. The summed E-state index contributed by atoms with van der Waals surface area (Å²) in [5.41, 5.74) is 0. The molecular weight excluding hydrogens is 304 g/mol. The molecule has 0 aromatic carbocycles. The van der Waals surface area contributed by atoms with Gasteiger partial charge in [-0.3, -0.25) is 9.69 Å². The number of amides is 3. The fourth-order valence-electron chi connectivity index (χ4n) is 3.82. The molecule has 2 N–H and O–H groups in total. The molecule has 0 unspecified atom stereocenters. The summed E-state index contributed by atoms with van der Waals surface area (Å²) >= 11 is 0. The standard InChI is InChI=1S/C18H32N4O2/c1-14(17(23)20-16-6-7-16)21-10-12-22(13-11-21)18(24)19-9-8-15-4-2-3-5-15/h14-16H,2-13H2,1H3,(H,19,24)(H,20,23)/t14-/m1/s1. The highest BCUT2D eigenvalue weighted by atomic mass is 16.2. The highest BCUT2D eigenvalue weighted by Gasteiger charge is 2.30. The molecule has 6 nitrogen and oxygen atoms in total. The predicted octanol–water partition coefficient (Wildman–Crippen LogP) is 1.56. The molecule has 0 bridgehead atoms. The van der Waals surface area contributed by atoms with Gasteiger partial charge in [0.2, 0.25) is 5.91 Å². The lowest BCUT2D eigenvalue weighted by Gasteiger charge is -2.37. The average Bonchev–Trinajstić information content (AvgIpc) is 3.26. The monoisotopic (exact) mass is 336 g/mol. The maximum Gasteiger partial charge on any atom is 0.317 e. The van der Waals surface area contributed by atoms with Crippen LogP contribution in [0.4, 0.5) is 4.79 Å². The second-order valence-electron chi connectivity index (χ2n) is 7.65. The molecule has 2 aliphatic carbocycles. The fraction of sp³-hybridized carbons (Fsp3) is 0.889. The molecule has 136 valence electrons. The Bertz CT molecular complexity index is 438. The largest absolute Gasteiger partial charge is 0.352 e. The first-order chi connectivity index (χ1) is 11.6. The van der Waals surface area contributed by atoms with Crippen molar-refractivity contribution < 1.29 is 9.59 Å². The van der Waals surface area contributed by atoms with Crippen LogP contribution in [0.3, 0.4) is 0 Å². The van der Waals surface area contributed by atoms with Gasteiger partial charge in [0.15, 0.2) is 0 Å². The fourth-order valence-corrected chi connectivity index (χ4v) is 3.82. The van der Waals surface area contributed by atoms with Crippen molar-refractivity contribution in [2.75, 3.05) is 32.7 Å². The Hall–Kier alpha value is -1.30. The number of nitrogens with zero attached hydrogens (tertiary/aromatic N) is 2. The van der Waals surface area contributed by atoms with Gasteiger partial charge in [-0.15, -0.1) is 0 Å². The lowest BCUT2D eigenvalue weighted by molar-refractivity contribution is -0.126. The Balaban J connectivity index is 1.33. The average molecular weight is 336 g/mol. The lowest BCUT2D eigenvalue weighted by Crippen LogP contribution is -2.56. The van der Waals surface area contributed by atoms with E-state index in [1.807, 2.05) is 11.8 Å². The van der Waals surface area contributed by atoms with E-state index in [1.165, 1.54) is 25.7 Å². The van der Waals surface area contributed by atoms with E-state index in [4.69, 9.17) is 0 Å². The molecular formula is C18H32N4O2. The molecule has 3 aliphatic rings. The summed E-state index contributed by atoms with van der Waals surface area (Å²) in [4.78, 5) is 28.4. The van der Waals surface area contributed by atoms with Gasteiger partial charge < -0.3 is 15.5 Å². The zero-order valence-corrected chi connectivity index (χ0v) is 14.9. The molecule has 6 heteroatoms. The maximum absolute atomic E-state index is 12.3. The van der Waals surface area contributed by atoms with Crippen LogP contribution in [0.25, 0.3) is 0 Å². The van der Waals surface area contributed by atoms with Crippen LogP contribution in [0.1, 0.15) is 51.9 Å². The number of hydrogen-bond acceptors (Lipinski definition) is 3. The van der Waals surface area contributed by atoms with Gasteiger partial charge in [-0.25, -0.2) is 4.79 Å². The zero-order chi connectivity index (χ0) is 16.9. The Labute approximate surface area is 145 Å². The summed E-state index contributed by atoms with van der Waals surface area (Å²) in [5, 5.41) is 6.14. The number of piperazine rings is 1. The van der Waals surface area contributed by atoms with E-state index in [0.29, 0.717) is 19.1 Å². The second-order valence-corrected chi connectivity index (χ2v) is 7.65. The first-order valence-electron chi connectivity index (χ1n) is 9.70. The van der Waals surface area contributed by atoms with Crippen molar-refractivity contribution in [3.8, 4) is 0 Å². The van der Waals surface area contributed by atoms with E-state index < -0.39 is 0 Å². The minimum absolute atomic E-state index is 0.0581. The van der Waals surface area contributed by atoms with Gasteiger partial charge in [0.25, 0.3) is 0 Å². The van der Waals surface area contributed by atoms with E-state index in [0.717, 1.165) is 44.8 Å². The zero-order valence-electron chi connectivity index (χ0n) is 14.9. The molecule has 24 heavy (non-hydrogen) atoms. The molecule has 1 heterocycles. The molecule has 3 fully saturated rings. The summed E-state index contributed by atoms with van der Waals surface area (Å²) in [6.07, 6.45) is 8.72. The second kappa shape index (κ2) is 8.19. The number of rotatable bonds is 6. The van der Waals surface area contributed by atoms with Crippen LogP contribution in [0.15, 0.2) is 0 Å². The van der Waals surface area contributed by atoms with Gasteiger partial charge in [0.1, 0.15) is 0 Å². The van der Waals surface area contributed by atoms with Crippen molar-refractivity contribution in [3.05, 3.63) is 0 Å². The van der Waals surface area contributed by atoms with Crippen LogP contribution in [0, 0.1) is 5.92 Å². The van der Waals surface area contributed by atoms with Gasteiger partial charge in [-0.1, -0.05) is 25.7 Å². The third kappa shape index (κ3) is 4.85. The SMILES string of the molecule is C[C@H](C(=O)NC1CC1)N1CCN(C(=O)NCCC2CCCC2)CC1. The Morgan fingerprint density at radius 1 is 1.04 bits per heavy atom. The van der Waals surface area contributed by atoms with Gasteiger partial charge >= 0.3 is 6.03 Å². The van der Waals surface area contributed by atoms with Crippen LogP contribution in [-0.2, 0) is 4.79 Å². The molecule has 1 atom stereocenters. The molecule has 2 saturated carbocycles. The van der Waals surface area contributed by atoms with Gasteiger partial charge in [-0.05, 0) is 32.1 Å². The van der Waals surface area contributed by atoms with E-state index in [2.05, 4.69) is 15.5 Å². The van der Waals surface area contributed by atoms with Crippen molar-refractivity contribution in [1.29, 1.82) is 0 Å². The summed E-state index contributed by atoms with van der Waals surface area (Å²) in [7, 11) is 0. The summed E-state index contributed by atoms with van der Waals surface area (Å²) in [6, 6.07) is 0.368. The van der Waals surface area contributed by atoms with Crippen LogP contribution < -0.4 is 10.6 Å². The molecule has 1 saturated heterocycles. The van der Waals surface area contributed by atoms with Crippen molar-refractivity contribution in [2.24, 2.45) is 5.92 Å². The summed E-state index contributed by atoms with van der Waals surface area (Å²) in [5.74, 6) is 0.944. The summed E-state index contributed by atoms with van der Waals surface area (Å²) in [6.45, 7) is 5.72.